The van der Waals surface area contributed by atoms with Gasteiger partial charge in [-0.3, -0.25) is 4.57 Å². The minimum Gasteiger partial charge on any atom is -0.452 e. The second kappa shape index (κ2) is 8.59. The van der Waals surface area contributed by atoms with E-state index in [1.807, 2.05) is 0 Å². The maximum atomic E-state index is 13.4. The van der Waals surface area contributed by atoms with Crippen molar-refractivity contribution in [2.45, 2.75) is 55.7 Å². The van der Waals surface area contributed by atoms with E-state index in [-0.39, 0.29) is 33.0 Å². The summed E-state index contributed by atoms with van der Waals surface area (Å²) in [6, 6.07) is 6.88. The number of aromatic nitrogens is 2. The Morgan fingerprint density at radius 2 is 1.86 bits per heavy atom. The second-order valence-electron chi connectivity index (χ2n) is 9.08. The van der Waals surface area contributed by atoms with Gasteiger partial charge in [-0.1, -0.05) is 18.2 Å². The Morgan fingerprint density at radius 1 is 1.17 bits per heavy atom. The number of nitrogens with zero attached hydrogens (tertiary/aromatic N) is 2. The Labute approximate surface area is 207 Å². The molecule has 0 saturated carbocycles. The molecule has 3 heterocycles. The van der Waals surface area contributed by atoms with Crippen molar-refractivity contribution in [3.63, 3.8) is 0 Å². The van der Waals surface area contributed by atoms with Gasteiger partial charge in [-0.2, -0.15) is 17.5 Å². The maximum absolute atomic E-state index is 13.4. The van der Waals surface area contributed by atoms with Crippen LogP contribution < -0.4 is 0 Å². The minimum absolute atomic E-state index is 0.00542. The number of para-hydroxylation sites is 1. The number of benzene rings is 1. The average molecular weight is 527 g/mol. The fourth-order valence-corrected chi connectivity index (χ4v) is 5.20. The number of fused-ring (bicyclic) bond motifs is 1. The first-order valence-corrected chi connectivity index (χ1v) is 12.0. The minimum atomic E-state index is -4.60. The monoisotopic (exact) mass is 526 g/mol. The average Bonchev–Trinajstić information content (AvgIpc) is 3.25. The van der Waals surface area contributed by atoms with Crippen LogP contribution in [0.3, 0.4) is 0 Å². The molecule has 0 atom stereocenters. The molecule has 0 bridgehead atoms. The third kappa shape index (κ3) is 5.48. The molecule has 0 N–H and O–H groups in total. The van der Waals surface area contributed by atoms with E-state index >= 15 is 0 Å². The molecule has 12 heteroatoms. The first-order valence-electron chi connectivity index (χ1n) is 10.4. The fourth-order valence-electron chi connectivity index (χ4n) is 3.50. The normalized spacial score (nSPS) is 16.0. The zero-order chi connectivity index (χ0) is 25.8. The van der Waals surface area contributed by atoms with Crippen LogP contribution in [-0.2, 0) is 19.0 Å². The Morgan fingerprint density at radius 3 is 2.49 bits per heavy atom. The van der Waals surface area contributed by atoms with Crippen molar-refractivity contribution < 1.29 is 37.0 Å². The summed E-state index contributed by atoms with van der Waals surface area (Å²) in [5, 5.41) is 0.562. The van der Waals surface area contributed by atoms with Crippen molar-refractivity contribution in [2.75, 3.05) is 0 Å². The van der Waals surface area contributed by atoms with E-state index in [9.17, 15) is 22.8 Å². The van der Waals surface area contributed by atoms with Crippen molar-refractivity contribution in [2.24, 2.45) is 0 Å². The predicted molar refractivity (Wildman–Crippen MR) is 126 cm³/mol. The number of carbonyl (C=O) groups excluding carboxylic acids is 2. The summed E-state index contributed by atoms with van der Waals surface area (Å²) in [5.41, 5.74) is -4.37. The van der Waals surface area contributed by atoms with E-state index in [0.717, 1.165) is 6.08 Å². The highest BCUT2D eigenvalue weighted by molar-refractivity contribution is 8.01. The number of hydrogen-bond donors (Lipinski definition) is 0. The van der Waals surface area contributed by atoms with Crippen LogP contribution in [0.1, 0.15) is 40.2 Å². The fraction of sp³-hybridized carbons (Fsp3) is 0.348. The summed E-state index contributed by atoms with van der Waals surface area (Å²) < 4.78 is 61.8. The molecular weight excluding hydrogens is 505 g/mol. The second-order valence-corrected chi connectivity index (χ2v) is 11.2. The van der Waals surface area contributed by atoms with Crippen LogP contribution in [-0.4, -0.2) is 37.9 Å². The summed E-state index contributed by atoms with van der Waals surface area (Å²) in [6.07, 6.45) is 1.80. The quantitative estimate of drug-likeness (QED) is 0.274. The third-order valence-electron chi connectivity index (χ3n) is 4.62. The van der Waals surface area contributed by atoms with E-state index in [0.29, 0.717) is 28.0 Å². The van der Waals surface area contributed by atoms with Crippen molar-refractivity contribution in [1.82, 2.24) is 8.94 Å². The first-order chi connectivity index (χ1) is 16.1. The summed E-state index contributed by atoms with van der Waals surface area (Å²) in [6.45, 7) is 8.13. The van der Waals surface area contributed by atoms with Crippen molar-refractivity contribution in [3.8, 4) is 11.3 Å². The zero-order valence-corrected chi connectivity index (χ0v) is 21.0. The molecule has 0 spiro atoms. The Hall–Kier alpha value is -2.99. The zero-order valence-electron chi connectivity index (χ0n) is 19.4. The van der Waals surface area contributed by atoms with Crippen molar-refractivity contribution in [1.29, 1.82) is 0 Å². The van der Waals surface area contributed by atoms with Gasteiger partial charge in [0.25, 0.3) is 0 Å². The molecule has 7 nitrogen and oxygen atoms in total. The van der Waals surface area contributed by atoms with E-state index < -0.39 is 29.0 Å². The molecule has 3 aromatic rings. The number of rotatable bonds is 3. The van der Waals surface area contributed by atoms with Crippen LogP contribution in [0.4, 0.5) is 18.0 Å². The van der Waals surface area contributed by atoms with Gasteiger partial charge in [0.1, 0.15) is 15.6 Å². The van der Waals surface area contributed by atoms with Crippen LogP contribution in [0.5, 0.6) is 0 Å². The van der Waals surface area contributed by atoms with Gasteiger partial charge in [0.05, 0.1) is 22.9 Å². The van der Waals surface area contributed by atoms with Gasteiger partial charge >= 0.3 is 17.6 Å². The molecule has 0 radical (unpaired) electrons. The molecule has 186 valence electrons. The van der Waals surface area contributed by atoms with Crippen LogP contribution >= 0.6 is 23.3 Å². The number of halogens is 3. The molecular formula is C23H21F3N2O5S2. The van der Waals surface area contributed by atoms with Crippen LogP contribution in [0.2, 0.25) is 0 Å². The van der Waals surface area contributed by atoms with E-state index in [4.69, 9.17) is 14.2 Å². The lowest BCUT2D eigenvalue weighted by molar-refractivity contribution is -0.193. The lowest BCUT2D eigenvalue weighted by atomic mass is 10.1. The lowest BCUT2D eigenvalue weighted by Gasteiger charge is -2.30. The standard InChI is InChI=1S/C23H21F3N2O5S2/c1-21(2,3)33-20(30)28-11-13(12-8-6-7-9-14(12)28)18-17(19(35-27-18)34-23(24,25)26)15-10-16(29)32-22(4,5)31-15/h6-11H,1-5H3. The number of alkyl halides is 3. The molecule has 0 fully saturated rings. The van der Waals surface area contributed by atoms with Crippen molar-refractivity contribution in [3.05, 3.63) is 42.1 Å². The Kier molecular flexibility index (Phi) is 6.17. The molecule has 2 aromatic heterocycles. The Bertz CT molecular complexity index is 1350. The van der Waals surface area contributed by atoms with Crippen LogP contribution in [0.15, 0.2) is 40.7 Å². The van der Waals surface area contributed by atoms with Crippen LogP contribution in [0, 0.1) is 0 Å². The van der Waals surface area contributed by atoms with Gasteiger partial charge in [-0.05, 0) is 50.1 Å². The molecule has 0 amide bonds. The molecule has 0 unspecified atom stereocenters. The largest absolute Gasteiger partial charge is 0.452 e. The highest BCUT2D eigenvalue weighted by Crippen LogP contribution is 2.48. The molecule has 4 rings (SSSR count). The highest BCUT2D eigenvalue weighted by atomic mass is 32.2. The van der Waals surface area contributed by atoms with Gasteiger partial charge in [-0.25, -0.2) is 9.59 Å². The topological polar surface area (TPSA) is 79.7 Å². The van der Waals surface area contributed by atoms with E-state index in [1.165, 1.54) is 24.6 Å². The number of thioether (sulfide) groups is 1. The molecule has 1 aliphatic rings. The number of carbonyl (C=O) groups is 2. The number of hydrogen-bond acceptors (Lipinski definition) is 8. The van der Waals surface area contributed by atoms with Crippen molar-refractivity contribution >= 4 is 52.0 Å². The first kappa shape index (κ1) is 25.1. The molecule has 0 saturated heterocycles. The number of cyclic esters (lactones) is 1. The predicted octanol–water partition coefficient (Wildman–Crippen LogP) is 6.81. The van der Waals surface area contributed by atoms with E-state index in [1.54, 1.807) is 45.0 Å². The number of esters is 1. The maximum Gasteiger partial charge on any atom is 0.447 e. The summed E-state index contributed by atoms with van der Waals surface area (Å²) in [4.78, 5) is 25.1. The van der Waals surface area contributed by atoms with E-state index in [2.05, 4.69) is 4.37 Å². The number of ether oxygens (including phenoxy) is 3. The summed E-state index contributed by atoms with van der Waals surface area (Å²) >= 11 is 0.273. The molecule has 1 aliphatic heterocycles. The SMILES string of the molecule is CC(C)(C)OC(=O)n1cc(-c2nsc(SC(F)(F)F)c2C2=CC(=O)OC(C)(C)O2)c2ccccc21. The summed E-state index contributed by atoms with van der Waals surface area (Å²) in [5.74, 6) is -2.26. The smallest absolute Gasteiger partial charge is 0.447 e. The molecule has 0 aliphatic carbocycles. The van der Waals surface area contributed by atoms with Crippen LogP contribution in [0.25, 0.3) is 27.9 Å². The third-order valence-corrected chi connectivity index (χ3v) is 6.36. The Balaban J connectivity index is 1.94. The lowest BCUT2D eigenvalue weighted by Crippen LogP contribution is -2.33. The van der Waals surface area contributed by atoms with Gasteiger partial charge in [-0.15, -0.1) is 0 Å². The highest BCUT2D eigenvalue weighted by Gasteiger charge is 2.38. The van der Waals surface area contributed by atoms with Gasteiger partial charge in [0, 0.05) is 31.0 Å². The molecule has 35 heavy (non-hydrogen) atoms. The van der Waals surface area contributed by atoms with Gasteiger partial charge in [0.2, 0.25) is 5.79 Å². The molecule has 1 aromatic carbocycles. The summed E-state index contributed by atoms with van der Waals surface area (Å²) in [7, 11) is 0. The van der Waals surface area contributed by atoms with Gasteiger partial charge in [0.15, 0.2) is 0 Å². The van der Waals surface area contributed by atoms with Gasteiger partial charge < -0.3 is 14.2 Å².